The summed E-state index contributed by atoms with van der Waals surface area (Å²) in [6.07, 6.45) is 3.43. The average Bonchev–Trinajstić information content (AvgIpc) is 2.64. The van der Waals surface area contributed by atoms with Gasteiger partial charge in [0.15, 0.2) is 0 Å². The summed E-state index contributed by atoms with van der Waals surface area (Å²) in [5.74, 6) is 6.22. The molecule has 1 heterocycles. The molecule has 0 aliphatic carbocycles. The zero-order chi connectivity index (χ0) is 10.4. The van der Waals surface area contributed by atoms with Gasteiger partial charge in [0.05, 0.1) is 11.7 Å². The van der Waals surface area contributed by atoms with E-state index in [9.17, 15) is 0 Å². The van der Waals surface area contributed by atoms with Gasteiger partial charge in [-0.05, 0) is 23.9 Å². The number of hydrogen-bond acceptors (Lipinski definition) is 5. The zero-order valence-electron chi connectivity index (χ0n) is 8.73. The van der Waals surface area contributed by atoms with Gasteiger partial charge in [-0.25, -0.2) is 0 Å². The molecule has 0 saturated heterocycles. The van der Waals surface area contributed by atoms with Crippen molar-refractivity contribution in [1.29, 1.82) is 0 Å². The van der Waals surface area contributed by atoms with E-state index in [2.05, 4.69) is 28.9 Å². The van der Waals surface area contributed by atoms with Crippen LogP contribution in [0.2, 0.25) is 0 Å². The van der Waals surface area contributed by atoms with E-state index in [1.54, 1.807) is 0 Å². The topological polar surface area (TPSA) is 63.8 Å². The molecule has 0 fully saturated rings. The number of aromatic nitrogens is 2. The van der Waals surface area contributed by atoms with Gasteiger partial charge in [-0.3, -0.25) is 11.3 Å². The fraction of sp³-hybridized carbons (Fsp3) is 0.778. The van der Waals surface area contributed by atoms with Crippen LogP contribution >= 0.6 is 11.5 Å². The number of nitrogens with two attached hydrogens (primary N) is 1. The summed E-state index contributed by atoms with van der Waals surface area (Å²) in [5.41, 5.74) is 3.74. The lowest BCUT2D eigenvalue weighted by molar-refractivity contribution is 0.448. The fourth-order valence-corrected chi connectivity index (χ4v) is 1.88. The Hall–Kier alpha value is -0.520. The van der Waals surface area contributed by atoms with Gasteiger partial charge in [0.25, 0.3) is 0 Å². The van der Waals surface area contributed by atoms with Gasteiger partial charge in [0.2, 0.25) is 0 Å². The van der Waals surface area contributed by atoms with E-state index >= 15 is 0 Å². The number of hydrogen-bond donors (Lipinski definition) is 2. The molecule has 80 valence electrons. The normalized spacial score (nSPS) is 13.4. The standard InChI is InChI=1S/C9H18N4S/c1-7(2)4-3-5-8(11-10)9-6-14-13-12-9/h6-8,11H,3-5,10H2,1-2H3. The van der Waals surface area contributed by atoms with Gasteiger partial charge in [0.1, 0.15) is 0 Å². The first-order valence-electron chi connectivity index (χ1n) is 4.97. The SMILES string of the molecule is CC(C)CCCC(NN)c1csnn1. The van der Waals surface area contributed by atoms with Gasteiger partial charge < -0.3 is 0 Å². The molecule has 5 heteroatoms. The van der Waals surface area contributed by atoms with Crippen LogP contribution in [0.1, 0.15) is 44.8 Å². The lowest BCUT2D eigenvalue weighted by Crippen LogP contribution is -2.28. The number of hydrazine groups is 1. The lowest BCUT2D eigenvalue weighted by Gasteiger charge is -2.13. The monoisotopic (exact) mass is 214 g/mol. The Morgan fingerprint density at radius 2 is 2.29 bits per heavy atom. The van der Waals surface area contributed by atoms with E-state index in [0.29, 0.717) is 0 Å². The molecule has 1 aromatic heterocycles. The van der Waals surface area contributed by atoms with Crippen molar-refractivity contribution in [3.8, 4) is 0 Å². The van der Waals surface area contributed by atoms with Crippen LogP contribution in [0, 0.1) is 5.92 Å². The largest absolute Gasteiger partial charge is 0.271 e. The Balaban J connectivity index is 2.33. The second-order valence-electron chi connectivity index (χ2n) is 3.87. The summed E-state index contributed by atoms with van der Waals surface area (Å²) < 4.78 is 3.83. The molecule has 0 aliphatic rings. The van der Waals surface area contributed by atoms with Crippen molar-refractivity contribution in [2.75, 3.05) is 0 Å². The van der Waals surface area contributed by atoms with Crippen molar-refractivity contribution in [1.82, 2.24) is 15.0 Å². The summed E-state index contributed by atoms with van der Waals surface area (Å²) in [5, 5.41) is 5.96. The molecule has 0 saturated carbocycles. The van der Waals surface area contributed by atoms with E-state index in [1.807, 2.05) is 5.38 Å². The molecular formula is C9H18N4S. The molecule has 0 bridgehead atoms. The van der Waals surface area contributed by atoms with Gasteiger partial charge in [0, 0.05) is 5.38 Å². The molecule has 1 rings (SSSR count). The van der Waals surface area contributed by atoms with Crippen LogP contribution in [-0.2, 0) is 0 Å². The van der Waals surface area contributed by atoms with Crippen molar-refractivity contribution < 1.29 is 0 Å². The van der Waals surface area contributed by atoms with Crippen molar-refractivity contribution >= 4 is 11.5 Å². The molecule has 1 atom stereocenters. The number of rotatable bonds is 6. The highest BCUT2D eigenvalue weighted by atomic mass is 32.1. The Morgan fingerprint density at radius 1 is 1.50 bits per heavy atom. The molecule has 0 aromatic carbocycles. The van der Waals surface area contributed by atoms with Crippen LogP contribution < -0.4 is 11.3 Å². The van der Waals surface area contributed by atoms with Gasteiger partial charge in [-0.2, -0.15) is 0 Å². The van der Waals surface area contributed by atoms with Crippen LogP contribution in [0.15, 0.2) is 5.38 Å². The minimum Gasteiger partial charge on any atom is -0.271 e. The van der Waals surface area contributed by atoms with Crippen LogP contribution in [-0.4, -0.2) is 9.59 Å². The molecule has 4 nitrogen and oxygen atoms in total. The number of nitrogens with zero attached hydrogens (tertiary/aromatic N) is 2. The van der Waals surface area contributed by atoms with Crippen molar-refractivity contribution in [2.24, 2.45) is 11.8 Å². The minimum absolute atomic E-state index is 0.160. The predicted molar refractivity (Wildman–Crippen MR) is 58.7 cm³/mol. The summed E-state index contributed by atoms with van der Waals surface area (Å²) in [6.45, 7) is 4.46. The van der Waals surface area contributed by atoms with Crippen molar-refractivity contribution in [2.45, 2.75) is 39.2 Å². The molecule has 0 amide bonds. The first-order valence-corrected chi connectivity index (χ1v) is 5.80. The molecule has 1 aromatic rings. The first-order chi connectivity index (χ1) is 6.74. The maximum atomic E-state index is 5.47. The smallest absolute Gasteiger partial charge is 0.0938 e. The highest BCUT2D eigenvalue weighted by Gasteiger charge is 2.11. The zero-order valence-corrected chi connectivity index (χ0v) is 9.55. The van der Waals surface area contributed by atoms with E-state index in [0.717, 1.165) is 18.0 Å². The predicted octanol–water partition coefficient (Wildman–Crippen LogP) is 1.87. The number of nitrogens with one attached hydrogen (secondary N) is 1. The third-order valence-corrected chi connectivity index (χ3v) is 2.73. The Labute approximate surface area is 89.0 Å². The third kappa shape index (κ3) is 3.69. The first kappa shape index (κ1) is 11.6. The molecular weight excluding hydrogens is 196 g/mol. The Kier molecular flexibility index (Phi) is 5.00. The van der Waals surface area contributed by atoms with Crippen LogP contribution in [0.5, 0.6) is 0 Å². The van der Waals surface area contributed by atoms with E-state index in [-0.39, 0.29) is 6.04 Å². The average molecular weight is 214 g/mol. The molecule has 3 N–H and O–H groups in total. The summed E-state index contributed by atoms with van der Waals surface area (Å²) in [6, 6.07) is 0.160. The Morgan fingerprint density at radius 3 is 2.79 bits per heavy atom. The quantitative estimate of drug-likeness (QED) is 0.560. The van der Waals surface area contributed by atoms with Crippen LogP contribution in [0.3, 0.4) is 0 Å². The summed E-state index contributed by atoms with van der Waals surface area (Å²) in [7, 11) is 0. The molecule has 14 heavy (non-hydrogen) atoms. The maximum Gasteiger partial charge on any atom is 0.0938 e. The third-order valence-electron chi connectivity index (χ3n) is 2.21. The van der Waals surface area contributed by atoms with E-state index in [1.165, 1.54) is 24.4 Å². The summed E-state index contributed by atoms with van der Waals surface area (Å²) in [4.78, 5) is 0. The van der Waals surface area contributed by atoms with E-state index < -0.39 is 0 Å². The molecule has 0 aliphatic heterocycles. The second kappa shape index (κ2) is 6.06. The van der Waals surface area contributed by atoms with Gasteiger partial charge in [-0.15, -0.1) is 5.10 Å². The van der Waals surface area contributed by atoms with E-state index in [4.69, 9.17) is 5.84 Å². The van der Waals surface area contributed by atoms with Crippen LogP contribution in [0.25, 0.3) is 0 Å². The molecule has 1 unspecified atom stereocenters. The summed E-state index contributed by atoms with van der Waals surface area (Å²) >= 11 is 1.37. The van der Waals surface area contributed by atoms with Crippen molar-refractivity contribution in [3.63, 3.8) is 0 Å². The molecule has 0 radical (unpaired) electrons. The van der Waals surface area contributed by atoms with Gasteiger partial charge in [-0.1, -0.05) is 31.2 Å². The maximum absolute atomic E-state index is 5.47. The molecule has 0 spiro atoms. The Bertz CT molecular complexity index is 235. The van der Waals surface area contributed by atoms with Crippen LogP contribution in [0.4, 0.5) is 0 Å². The lowest BCUT2D eigenvalue weighted by atomic mass is 10.0. The minimum atomic E-state index is 0.160. The highest BCUT2D eigenvalue weighted by Crippen LogP contribution is 2.18. The highest BCUT2D eigenvalue weighted by molar-refractivity contribution is 7.03. The van der Waals surface area contributed by atoms with Crippen molar-refractivity contribution in [3.05, 3.63) is 11.1 Å². The van der Waals surface area contributed by atoms with Gasteiger partial charge >= 0.3 is 0 Å². The fourth-order valence-electron chi connectivity index (χ4n) is 1.37. The second-order valence-corrected chi connectivity index (χ2v) is 4.48.